The van der Waals surface area contributed by atoms with Crippen LogP contribution in [0.3, 0.4) is 0 Å². The summed E-state index contributed by atoms with van der Waals surface area (Å²) in [6, 6.07) is 6.00. The van der Waals surface area contributed by atoms with E-state index in [0.29, 0.717) is 49.1 Å². The molecular formula is C20H25N3O6S. The molecule has 30 heavy (non-hydrogen) atoms. The standard InChI is InChI=1S/C20H25N3O6S/c1-21-15-5-3-2-4-14(15)16(17(21)19(24)25)18(20(26)27)23-9-7-22(8-10-23)13-6-11-30(28,29)12-13/h2-5,13,18H,6-12H2,1H3,(H,24,25)(H,26,27)/t13-,18+/m1/s1. The van der Waals surface area contributed by atoms with E-state index < -0.39 is 27.8 Å². The molecule has 2 aliphatic rings. The zero-order chi connectivity index (χ0) is 21.6. The van der Waals surface area contributed by atoms with E-state index in [9.17, 15) is 28.2 Å². The van der Waals surface area contributed by atoms with Crippen molar-refractivity contribution in [3.63, 3.8) is 0 Å². The summed E-state index contributed by atoms with van der Waals surface area (Å²) in [6.45, 7) is 1.96. The first-order valence-electron chi connectivity index (χ1n) is 9.91. The van der Waals surface area contributed by atoms with Crippen LogP contribution in [-0.2, 0) is 21.7 Å². The molecule has 0 unspecified atom stereocenters. The van der Waals surface area contributed by atoms with Crippen LogP contribution in [0.15, 0.2) is 24.3 Å². The second-order valence-corrected chi connectivity index (χ2v) is 10.2. The minimum absolute atomic E-state index is 0.0204. The van der Waals surface area contributed by atoms with Gasteiger partial charge < -0.3 is 14.8 Å². The van der Waals surface area contributed by atoms with E-state index >= 15 is 0 Å². The normalized spacial score (nSPS) is 23.6. The number of carbonyl (C=O) groups is 2. The highest BCUT2D eigenvalue weighted by atomic mass is 32.2. The van der Waals surface area contributed by atoms with Crippen LogP contribution in [0.5, 0.6) is 0 Å². The molecule has 2 fully saturated rings. The van der Waals surface area contributed by atoms with E-state index in [0.717, 1.165) is 0 Å². The summed E-state index contributed by atoms with van der Waals surface area (Å²) in [7, 11) is -1.35. The van der Waals surface area contributed by atoms with Gasteiger partial charge >= 0.3 is 11.9 Å². The predicted octanol–water partition coefficient (Wildman–Crippen LogP) is 0.807. The lowest BCUT2D eigenvalue weighted by atomic mass is 10.00. The van der Waals surface area contributed by atoms with Gasteiger partial charge in [0, 0.05) is 55.7 Å². The van der Waals surface area contributed by atoms with Gasteiger partial charge in [-0.2, -0.15) is 0 Å². The Morgan fingerprint density at radius 3 is 2.33 bits per heavy atom. The van der Waals surface area contributed by atoms with Crippen LogP contribution in [0.1, 0.15) is 28.5 Å². The number of fused-ring (bicyclic) bond motifs is 1. The molecule has 1 aromatic carbocycles. The van der Waals surface area contributed by atoms with E-state index in [1.807, 2.05) is 0 Å². The SMILES string of the molecule is Cn1c(C(=O)O)c([C@@H](C(=O)O)N2CCN([C@@H]3CCS(=O)(=O)C3)CC2)c2ccccc21. The number of hydrogen-bond acceptors (Lipinski definition) is 6. The number of rotatable bonds is 5. The third-order valence-electron chi connectivity index (χ3n) is 6.29. The van der Waals surface area contributed by atoms with E-state index in [2.05, 4.69) is 4.90 Å². The molecule has 2 atom stereocenters. The molecule has 162 valence electrons. The first kappa shape index (κ1) is 20.8. The van der Waals surface area contributed by atoms with Crippen molar-refractivity contribution in [2.24, 2.45) is 7.05 Å². The Morgan fingerprint density at radius 2 is 1.77 bits per heavy atom. The van der Waals surface area contributed by atoms with Gasteiger partial charge in [-0.15, -0.1) is 0 Å². The molecule has 0 amide bonds. The maximum atomic E-state index is 12.3. The summed E-state index contributed by atoms with van der Waals surface area (Å²) in [5.41, 5.74) is 0.948. The topological polar surface area (TPSA) is 120 Å². The number of piperazine rings is 1. The van der Waals surface area contributed by atoms with Gasteiger partial charge in [-0.1, -0.05) is 18.2 Å². The molecule has 2 N–H and O–H groups in total. The van der Waals surface area contributed by atoms with Crippen LogP contribution in [0.2, 0.25) is 0 Å². The monoisotopic (exact) mass is 435 g/mol. The summed E-state index contributed by atoms with van der Waals surface area (Å²) in [6.07, 6.45) is 0.608. The molecule has 3 heterocycles. The fraction of sp³-hybridized carbons (Fsp3) is 0.500. The number of aliphatic carboxylic acids is 1. The molecular weight excluding hydrogens is 410 g/mol. The molecule has 1 aromatic heterocycles. The largest absolute Gasteiger partial charge is 0.480 e. The maximum Gasteiger partial charge on any atom is 0.352 e. The van der Waals surface area contributed by atoms with E-state index in [1.54, 1.807) is 36.2 Å². The quantitative estimate of drug-likeness (QED) is 0.708. The first-order valence-corrected chi connectivity index (χ1v) is 11.7. The van der Waals surface area contributed by atoms with Gasteiger partial charge in [-0.05, 0) is 12.5 Å². The van der Waals surface area contributed by atoms with Gasteiger partial charge in [0.25, 0.3) is 0 Å². The molecule has 0 aliphatic carbocycles. The van der Waals surface area contributed by atoms with Crippen molar-refractivity contribution in [2.45, 2.75) is 18.5 Å². The van der Waals surface area contributed by atoms with Crippen molar-refractivity contribution in [3.05, 3.63) is 35.5 Å². The molecule has 10 heteroatoms. The van der Waals surface area contributed by atoms with Gasteiger partial charge in [0.15, 0.2) is 9.84 Å². The Bertz CT molecular complexity index is 1100. The number of nitrogens with zero attached hydrogens (tertiary/aromatic N) is 3. The average Bonchev–Trinajstić information content (AvgIpc) is 3.20. The highest BCUT2D eigenvalue weighted by molar-refractivity contribution is 7.91. The van der Waals surface area contributed by atoms with Crippen LogP contribution in [-0.4, -0.2) is 88.7 Å². The third-order valence-corrected chi connectivity index (χ3v) is 8.05. The van der Waals surface area contributed by atoms with Gasteiger partial charge in [0.1, 0.15) is 11.7 Å². The lowest BCUT2D eigenvalue weighted by molar-refractivity contribution is -0.144. The van der Waals surface area contributed by atoms with Crippen molar-refractivity contribution in [1.82, 2.24) is 14.4 Å². The molecule has 2 aliphatic heterocycles. The Kier molecular flexibility index (Phi) is 5.33. The van der Waals surface area contributed by atoms with Crippen LogP contribution in [0.25, 0.3) is 10.9 Å². The van der Waals surface area contributed by atoms with Crippen molar-refractivity contribution in [1.29, 1.82) is 0 Å². The number of aromatic nitrogens is 1. The third kappa shape index (κ3) is 3.59. The van der Waals surface area contributed by atoms with Crippen LogP contribution in [0, 0.1) is 0 Å². The number of sulfone groups is 1. The summed E-state index contributed by atoms with van der Waals surface area (Å²) < 4.78 is 25.1. The van der Waals surface area contributed by atoms with E-state index in [-0.39, 0.29) is 23.2 Å². The smallest absolute Gasteiger partial charge is 0.352 e. The van der Waals surface area contributed by atoms with Gasteiger partial charge in [-0.3, -0.25) is 14.6 Å². The van der Waals surface area contributed by atoms with Crippen molar-refractivity contribution < 1.29 is 28.2 Å². The lowest BCUT2D eigenvalue weighted by Crippen LogP contribution is -2.52. The number of carboxylic acid groups (broad SMARTS) is 2. The Balaban J connectivity index is 1.64. The summed E-state index contributed by atoms with van der Waals surface area (Å²) in [5.74, 6) is -1.90. The molecule has 9 nitrogen and oxygen atoms in total. The van der Waals surface area contributed by atoms with Gasteiger partial charge in [0.05, 0.1) is 11.5 Å². The molecule has 0 bridgehead atoms. The van der Waals surface area contributed by atoms with E-state index in [1.165, 1.54) is 4.57 Å². The minimum atomic E-state index is -2.99. The van der Waals surface area contributed by atoms with E-state index in [4.69, 9.17) is 0 Å². The number of benzene rings is 1. The average molecular weight is 436 g/mol. The predicted molar refractivity (Wildman–Crippen MR) is 110 cm³/mol. The summed E-state index contributed by atoms with van der Waals surface area (Å²) in [5, 5.41) is 20.5. The summed E-state index contributed by atoms with van der Waals surface area (Å²) >= 11 is 0. The Labute approximate surface area is 174 Å². The number of carboxylic acids is 2. The minimum Gasteiger partial charge on any atom is -0.480 e. The number of aryl methyl sites for hydroxylation is 1. The zero-order valence-corrected chi connectivity index (χ0v) is 17.5. The molecule has 0 spiro atoms. The second-order valence-electron chi connectivity index (χ2n) is 8.01. The van der Waals surface area contributed by atoms with Crippen LogP contribution >= 0.6 is 0 Å². The van der Waals surface area contributed by atoms with Crippen molar-refractivity contribution in [3.8, 4) is 0 Å². The highest BCUT2D eigenvalue weighted by Crippen LogP contribution is 2.35. The molecule has 4 rings (SSSR count). The number of para-hydroxylation sites is 1. The fourth-order valence-electron chi connectivity index (χ4n) is 4.84. The fourth-order valence-corrected chi connectivity index (χ4v) is 6.61. The van der Waals surface area contributed by atoms with Crippen LogP contribution < -0.4 is 0 Å². The first-order chi connectivity index (χ1) is 14.2. The van der Waals surface area contributed by atoms with Crippen molar-refractivity contribution in [2.75, 3.05) is 37.7 Å². The lowest BCUT2D eigenvalue weighted by Gasteiger charge is -2.40. The molecule has 0 saturated carbocycles. The number of aromatic carboxylic acids is 1. The molecule has 2 aromatic rings. The van der Waals surface area contributed by atoms with Gasteiger partial charge in [-0.25, -0.2) is 13.2 Å². The number of hydrogen-bond donors (Lipinski definition) is 2. The highest BCUT2D eigenvalue weighted by Gasteiger charge is 2.39. The van der Waals surface area contributed by atoms with Crippen molar-refractivity contribution >= 4 is 32.7 Å². The molecule has 0 radical (unpaired) electrons. The van der Waals surface area contributed by atoms with Crippen LogP contribution in [0.4, 0.5) is 0 Å². The molecule has 2 saturated heterocycles. The van der Waals surface area contributed by atoms with Gasteiger partial charge in [0.2, 0.25) is 0 Å². The Hall–Kier alpha value is -2.43. The Morgan fingerprint density at radius 1 is 1.10 bits per heavy atom. The zero-order valence-electron chi connectivity index (χ0n) is 16.7. The second kappa shape index (κ2) is 7.68. The maximum absolute atomic E-state index is 12.3. The summed E-state index contributed by atoms with van der Waals surface area (Å²) in [4.78, 5) is 28.2.